The van der Waals surface area contributed by atoms with Crippen molar-refractivity contribution in [3.63, 3.8) is 0 Å². The van der Waals surface area contributed by atoms with E-state index in [-0.39, 0.29) is 12.0 Å². The van der Waals surface area contributed by atoms with Gasteiger partial charge in [0.15, 0.2) is 0 Å². The first-order valence-electron chi connectivity index (χ1n) is 8.34. The van der Waals surface area contributed by atoms with Gasteiger partial charge in [-0.25, -0.2) is 4.79 Å². The van der Waals surface area contributed by atoms with Crippen LogP contribution in [0.4, 0.5) is 0 Å². The summed E-state index contributed by atoms with van der Waals surface area (Å²) in [6.07, 6.45) is 4.48. The van der Waals surface area contributed by atoms with Gasteiger partial charge in [-0.3, -0.25) is 0 Å². The number of ether oxygens (including phenoxy) is 1. The van der Waals surface area contributed by atoms with E-state index in [4.69, 9.17) is 4.74 Å². The highest BCUT2D eigenvalue weighted by molar-refractivity contribution is 14.1. The number of hydrogen-bond donors (Lipinski definition) is 0. The Bertz CT molecular complexity index is 593. The number of esters is 1. The third-order valence-electron chi connectivity index (χ3n) is 4.01. The SMILES string of the molecule is CCCC[S@+]([O-])N1CC=C(C(=O)OCC)[C@H]1Cc1ccccc1I. The quantitative estimate of drug-likeness (QED) is 0.338. The van der Waals surface area contributed by atoms with Crippen LogP contribution >= 0.6 is 22.6 Å². The van der Waals surface area contributed by atoms with Crippen LogP contribution in [-0.2, 0) is 27.3 Å². The Labute approximate surface area is 161 Å². The monoisotopic (exact) mass is 461 g/mol. The Morgan fingerprint density at radius 3 is 2.83 bits per heavy atom. The van der Waals surface area contributed by atoms with Gasteiger partial charge in [0.05, 0.1) is 24.8 Å². The number of nitrogens with zero attached hydrogens (tertiary/aromatic N) is 1. The molecule has 2 rings (SSSR count). The Kier molecular flexibility index (Phi) is 8.06. The molecule has 1 aromatic carbocycles. The summed E-state index contributed by atoms with van der Waals surface area (Å²) in [5.74, 6) is 0.353. The molecule has 0 fully saturated rings. The first-order chi connectivity index (χ1) is 11.6. The summed E-state index contributed by atoms with van der Waals surface area (Å²) < 4.78 is 21.0. The van der Waals surface area contributed by atoms with Crippen LogP contribution in [-0.4, -0.2) is 39.8 Å². The third-order valence-corrected chi connectivity index (χ3v) is 6.63. The topological polar surface area (TPSA) is 52.6 Å². The van der Waals surface area contributed by atoms with E-state index < -0.39 is 11.4 Å². The highest BCUT2D eigenvalue weighted by Crippen LogP contribution is 2.28. The number of benzene rings is 1. The lowest BCUT2D eigenvalue weighted by Crippen LogP contribution is -2.41. The number of carbonyl (C=O) groups is 1. The van der Waals surface area contributed by atoms with Crippen molar-refractivity contribution in [3.8, 4) is 0 Å². The minimum absolute atomic E-state index is 0.183. The average Bonchev–Trinajstić information content (AvgIpc) is 2.98. The predicted molar refractivity (Wildman–Crippen MR) is 106 cm³/mol. The van der Waals surface area contributed by atoms with Gasteiger partial charge >= 0.3 is 5.97 Å². The third kappa shape index (κ3) is 4.97. The normalized spacial score (nSPS) is 19.2. The van der Waals surface area contributed by atoms with Gasteiger partial charge in [-0.2, -0.15) is 0 Å². The molecule has 2 atom stereocenters. The van der Waals surface area contributed by atoms with E-state index in [2.05, 4.69) is 41.6 Å². The molecule has 0 bridgehead atoms. The van der Waals surface area contributed by atoms with E-state index in [9.17, 15) is 9.35 Å². The first kappa shape index (κ1) is 19.8. The summed E-state index contributed by atoms with van der Waals surface area (Å²) in [5, 5.41) is 0. The number of hydrogen-bond acceptors (Lipinski definition) is 4. The zero-order valence-electron chi connectivity index (χ0n) is 14.2. The Morgan fingerprint density at radius 2 is 2.17 bits per heavy atom. The Morgan fingerprint density at radius 1 is 1.42 bits per heavy atom. The Hall–Kier alpha value is -0.570. The number of carbonyl (C=O) groups excluding carboxylic acids is 1. The fourth-order valence-electron chi connectivity index (χ4n) is 2.73. The summed E-state index contributed by atoms with van der Waals surface area (Å²) in [6, 6.07) is 7.93. The molecule has 0 aromatic heterocycles. The summed E-state index contributed by atoms with van der Waals surface area (Å²) in [7, 11) is 0. The molecule has 0 radical (unpaired) electrons. The van der Waals surface area contributed by atoms with Crippen molar-refractivity contribution in [2.45, 2.75) is 39.2 Å². The largest absolute Gasteiger partial charge is 0.598 e. The number of halogens is 1. The van der Waals surface area contributed by atoms with Gasteiger partial charge in [0.2, 0.25) is 0 Å². The molecule has 1 aliphatic rings. The maximum atomic E-state index is 12.7. The second kappa shape index (κ2) is 9.79. The van der Waals surface area contributed by atoms with Crippen molar-refractivity contribution in [1.29, 1.82) is 0 Å². The van der Waals surface area contributed by atoms with Crippen LogP contribution < -0.4 is 0 Å². The van der Waals surface area contributed by atoms with Crippen molar-refractivity contribution in [3.05, 3.63) is 45.0 Å². The first-order valence-corrected chi connectivity index (χ1v) is 10.7. The molecule has 1 aliphatic heterocycles. The van der Waals surface area contributed by atoms with Gasteiger partial charge < -0.3 is 9.29 Å². The van der Waals surface area contributed by atoms with E-state index in [1.54, 1.807) is 6.92 Å². The molecular weight excluding hydrogens is 437 g/mol. The van der Waals surface area contributed by atoms with Gasteiger partial charge in [0, 0.05) is 14.9 Å². The van der Waals surface area contributed by atoms with Crippen LogP contribution in [0.15, 0.2) is 35.9 Å². The van der Waals surface area contributed by atoms with Crippen LogP contribution in [0.25, 0.3) is 0 Å². The van der Waals surface area contributed by atoms with Crippen molar-refractivity contribution in [2.75, 3.05) is 18.9 Å². The molecule has 24 heavy (non-hydrogen) atoms. The summed E-state index contributed by atoms with van der Waals surface area (Å²) >= 11 is 1.23. The molecule has 1 aromatic rings. The molecule has 0 N–H and O–H groups in total. The number of rotatable bonds is 8. The van der Waals surface area contributed by atoms with Crippen molar-refractivity contribution in [2.24, 2.45) is 0 Å². The smallest absolute Gasteiger partial charge is 0.335 e. The molecule has 132 valence electrons. The minimum Gasteiger partial charge on any atom is -0.598 e. The fourth-order valence-corrected chi connectivity index (χ4v) is 4.83. The van der Waals surface area contributed by atoms with Gasteiger partial charge in [0.25, 0.3) is 0 Å². The Balaban J connectivity index is 2.20. The molecular formula is C18H24INO3S. The van der Waals surface area contributed by atoms with Crippen molar-refractivity contribution < 1.29 is 14.1 Å². The van der Waals surface area contributed by atoms with Gasteiger partial charge in [0.1, 0.15) is 5.75 Å². The average molecular weight is 461 g/mol. The molecule has 0 aliphatic carbocycles. The zero-order chi connectivity index (χ0) is 17.5. The summed E-state index contributed by atoms with van der Waals surface area (Å²) in [5.41, 5.74) is 1.80. The van der Waals surface area contributed by atoms with Crippen LogP contribution in [0.3, 0.4) is 0 Å². The van der Waals surface area contributed by atoms with E-state index in [1.807, 2.05) is 22.5 Å². The minimum atomic E-state index is -1.08. The van der Waals surface area contributed by atoms with Crippen molar-refractivity contribution in [1.82, 2.24) is 4.31 Å². The van der Waals surface area contributed by atoms with Crippen LogP contribution in [0.1, 0.15) is 32.3 Å². The molecule has 0 amide bonds. The lowest BCUT2D eigenvalue weighted by atomic mass is 10.0. The van der Waals surface area contributed by atoms with Gasteiger partial charge in [-0.1, -0.05) is 37.6 Å². The van der Waals surface area contributed by atoms with E-state index >= 15 is 0 Å². The molecule has 6 heteroatoms. The van der Waals surface area contributed by atoms with Crippen LogP contribution in [0.2, 0.25) is 0 Å². The predicted octanol–water partition coefficient (Wildman–Crippen LogP) is 3.47. The maximum Gasteiger partial charge on any atom is 0.335 e. The standard InChI is InChI=1S/C18H24INO3S/c1-3-5-12-24(22)20-11-10-15(18(21)23-4-2)17(20)13-14-8-6-7-9-16(14)19/h6-10,17H,3-5,11-13H2,1-2H3/t17-,24+/m1/s1. The second-order valence-corrected chi connectivity index (χ2v) is 8.35. The fraction of sp³-hybridized carbons (Fsp3) is 0.500. The molecule has 4 nitrogen and oxygen atoms in total. The van der Waals surface area contributed by atoms with E-state index in [1.165, 1.54) is 0 Å². The second-order valence-electron chi connectivity index (χ2n) is 5.67. The molecule has 0 saturated heterocycles. The van der Waals surface area contributed by atoms with Crippen LogP contribution in [0.5, 0.6) is 0 Å². The maximum absolute atomic E-state index is 12.7. The molecule has 0 unspecified atom stereocenters. The molecule has 0 spiro atoms. The van der Waals surface area contributed by atoms with E-state index in [0.29, 0.717) is 30.9 Å². The summed E-state index contributed by atoms with van der Waals surface area (Å²) in [6.45, 7) is 4.79. The van der Waals surface area contributed by atoms with E-state index in [0.717, 1.165) is 22.0 Å². The number of unbranched alkanes of at least 4 members (excludes halogenated alkanes) is 1. The molecule has 1 heterocycles. The highest BCUT2D eigenvalue weighted by Gasteiger charge is 2.39. The lowest BCUT2D eigenvalue weighted by Gasteiger charge is -2.27. The van der Waals surface area contributed by atoms with Crippen molar-refractivity contribution >= 4 is 39.9 Å². The molecule has 0 saturated carbocycles. The van der Waals surface area contributed by atoms with Gasteiger partial charge in [-0.05, 0) is 54.0 Å². The van der Waals surface area contributed by atoms with Gasteiger partial charge in [-0.15, -0.1) is 4.31 Å². The zero-order valence-corrected chi connectivity index (χ0v) is 17.1. The lowest BCUT2D eigenvalue weighted by molar-refractivity contribution is -0.138. The highest BCUT2D eigenvalue weighted by atomic mass is 127. The van der Waals surface area contributed by atoms with Crippen LogP contribution in [0, 0.1) is 3.57 Å². The summed E-state index contributed by atoms with van der Waals surface area (Å²) in [4.78, 5) is 12.3.